The first-order chi connectivity index (χ1) is 7.96. The van der Waals surface area contributed by atoms with Gasteiger partial charge in [0, 0.05) is 6.54 Å². The van der Waals surface area contributed by atoms with Crippen LogP contribution in [0.5, 0.6) is 0 Å². The lowest BCUT2D eigenvalue weighted by atomic mass is 10.0. The third-order valence-corrected chi connectivity index (χ3v) is 3.51. The number of ether oxygens (including phenoxy) is 3. The fourth-order valence-electron chi connectivity index (χ4n) is 2.52. The third kappa shape index (κ3) is 1.92. The summed E-state index contributed by atoms with van der Waals surface area (Å²) in [7, 11) is 0. The van der Waals surface area contributed by atoms with Crippen LogP contribution >= 0.6 is 12.2 Å². The van der Waals surface area contributed by atoms with Crippen molar-refractivity contribution in [1.29, 1.82) is 0 Å². The van der Waals surface area contributed by atoms with E-state index in [1.54, 1.807) is 13.8 Å². The van der Waals surface area contributed by atoms with Crippen LogP contribution < -0.4 is 10.6 Å². The zero-order valence-electron chi connectivity index (χ0n) is 9.67. The molecule has 0 saturated carbocycles. The molecule has 3 N–H and O–H groups in total. The van der Waals surface area contributed by atoms with E-state index in [4.69, 9.17) is 26.4 Å². The van der Waals surface area contributed by atoms with Crippen molar-refractivity contribution in [2.75, 3.05) is 6.54 Å². The Morgan fingerprint density at radius 2 is 2.12 bits per heavy atom. The molecule has 3 rings (SSSR count). The Bertz CT molecular complexity index is 351. The van der Waals surface area contributed by atoms with Gasteiger partial charge < -0.3 is 30.0 Å². The molecule has 96 valence electrons. The zero-order chi connectivity index (χ0) is 12.2. The summed E-state index contributed by atoms with van der Waals surface area (Å²) in [6.07, 6.45) is -2.00. The summed E-state index contributed by atoms with van der Waals surface area (Å²) in [6.45, 7) is 4.26. The van der Waals surface area contributed by atoms with E-state index in [2.05, 4.69) is 10.6 Å². The average molecular weight is 260 g/mol. The highest BCUT2D eigenvalue weighted by Gasteiger charge is 2.56. The summed E-state index contributed by atoms with van der Waals surface area (Å²) < 4.78 is 16.9. The van der Waals surface area contributed by atoms with E-state index in [-0.39, 0.29) is 12.1 Å². The molecule has 0 amide bonds. The minimum Gasteiger partial charge on any atom is -0.387 e. The normalized spacial score (nSPS) is 47.7. The molecular weight excluding hydrogens is 244 g/mol. The lowest BCUT2D eigenvalue weighted by molar-refractivity contribution is -0.217. The molecule has 17 heavy (non-hydrogen) atoms. The zero-order valence-corrected chi connectivity index (χ0v) is 10.5. The van der Waals surface area contributed by atoms with Gasteiger partial charge in [-0.2, -0.15) is 0 Å². The predicted molar refractivity (Wildman–Crippen MR) is 62.2 cm³/mol. The molecule has 0 aromatic heterocycles. The van der Waals surface area contributed by atoms with Crippen molar-refractivity contribution in [3.8, 4) is 0 Å². The van der Waals surface area contributed by atoms with Crippen LogP contribution in [0, 0.1) is 0 Å². The molecule has 3 aliphatic heterocycles. The van der Waals surface area contributed by atoms with Gasteiger partial charge in [-0.1, -0.05) is 0 Å². The molecule has 0 aromatic rings. The van der Waals surface area contributed by atoms with Gasteiger partial charge in [-0.15, -0.1) is 0 Å². The lowest BCUT2D eigenvalue weighted by Crippen LogP contribution is -2.46. The number of aliphatic hydroxyl groups is 1. The number of aliphatic hydroxyl groups excluding tert-OH is 1. The van der Waals surface area contributed by atoms with Crippen molar-refractivity contribution in [2.24, 2.45) is 0 Å². The fraction of sp³-hybridized carbons (Fsp3) is 0.900. The second-order valence-corrected chi connectivity index (χ2v) is 5.43. The summed E-state index contributed by atoms with van der Waals surface area (Å²) in [5.74, 6) is -0.696. The van der Waals surface area contributed by atoms with Gasteiger partial charge in [0.15, 0.2) is 17.2 Å². The second kappa shape index (κ2) is 3.76. The molecule has 3 aliphatic rings. The third-order valence-electron chi connectivity index (χ3n) is 3.25. The first-order valence-corrected chi connectivity index (χ1v) is 6.11. The summed E-state index contributed by atoms with van der Waals surface area (Å²) in [5.41, 5.74) is 0. The summed E-state index contributed by atoms with van der Waals surface area (Å²) in [5, 5.41) is 16.8. The highest BCUT2D eigenvalue weighted by molar-refractivity contribution is 7.80. The molecule has 0 unspecified atom stereocenters. The van der Waals surface area contributed by atoms with Crippen LogP contribution in [-0.2, 0) is 14.2 Å². The smallest absolute Gasteiger partial charge is 0.190 e. The van der Waals surface area contributed by atoms with E-state index < -0.39 is 24.3 Å². The largest absolute Gasteiger partial charge is 0.387 e. The number of fused-ring (bicyclic) bond motifs is 1. The van der Waals surface area contributed by atoms with Crippen molar-refractivity contribution >= 4 is 17.3 Å². The number of rotatable bonds is 1. The van der Waals surface area contributed by atoms with E-state index in [9.17, 15) is 5.11 Å². The van der Waals surface area contributed by atoms with Gasteiger partial charge in [-0.3, -0.25) is 0 Å². The van der Waals surface area contributed by atoms with E-state index in [0.717, 1.165) is 0 Å². The molecule has 7 heteroatoms. The van der Waals surface area contributed by atoms with Crippen LogP contribution in [0.4, 0.5) is 0 Å². The maximum Gasteiger partial charge on any atom is 0.190 e. The molecule has 5 atom stereocenters. The molecule has 3 fully saturated rings. The van der Waals surface area contributed by atoms with Gasteiger partial charge in [-0.25, -0.2) is 0 Å². The molecule has 0 aliphatic carbocycles. The maximum atomic E-state index is 10.2. The highest BCUT2D eigenvalue weighted by Crippen LogP contribution is 2.38. The van der Waals surface area contributed by atoms with Crippen molar-refractivity contribution in [2.45, 2.75) is 50.3 Å². The Hall–Kier alpha value is -0.470. The second-order valence-electron chi connectivity index (χ2n) is 5.02. The molecule has 3 heterocycles. The van der Waals surface area contributed by atoms with Gasteiger partial charge in [-0.05, 0) is 26.1 Å². The van der Waals surface area contributed by atoms with E-state index >= 15 is 0 Å². The Labute approximate surface area is 105 Å². The number of nitrogens with one attached hydrogen (secondary N) is 2. The van der Waals surface area contributed by atoms with Crippen LogP contribution in [-0.4, -0.2) is 53.2 Å². The van der Waals surface area contributed by atoms with Gasteiger partial charge in [0.1, 0.15) is 18.3 Å². The van der Waals surface area contributed by atoms with E-state index in [1.165, 1.54) is 0 Å². The van der Waals surface area contributed by atoms with E-state index in [1.807, 2.05) is 0 Å². The lowest BCUT2D eigenvalue weighted by Gasteiger charge is -2.25. The monoisotopic (exact) mass is 260 g/mol. The van der Waals surface area contributed by atoms with Crippen LogP contribution in [0.25, 0.3) is 0 Å². The molecule has 0 bridgehead atoms. The number of thiocarbonyl (C=S) groups is 1. The predicted octanol–water partition coefficient (Wildman–Crippen LogP) is -0.930. The number of hydrogen-bond donors (Lipinski definition) is 3. The molecule has 3 saturated heterocycles. The van der Waals surface area contributed by atoms with Gasteiger partial charge in [0.2, 0.25) is 0 Å². The Morgan fingerprint density at radius 3 is 2.71 bits per heavy atom. The topological polar surface area (TPSA) is 72.0 Å². The first-order valence-electron chi connectivity index (χ1n) is 5.70. The van der Waals surface area contributed by atoms with Crippen LogP contribution in [0.3, 0.4) is 0 Å². The fourth-order valence-corrected chi connectivity index (χ4v) is 2.76. The molecule has 0 spiro atoms. The summed E-state index contributed by atoms with van der Waals surface area (Å²) >= 11 is 4.99. The standard InChI is InChI=1S/C10H16N2O4S/c1-10(2)15-7-5(13)6(14-8(7)16-10)4-3-11-9(17)12-4/h4-8,13H,3H2,1-2H3,(H2,11,12,17)/t4-,5+,6-,7-,8-/m1/s1. The molecule has 0 radical (unpaired) electrons. The summed E-state index contributed by atoms with van der Waals surface area (Å²) in [6, 6.07) is -0.0431. The van der Waals surface area contributed by atoms with Gasteiger partial charge in [0.25, 0.3) is 0 Å². The van der Waals surface area contributed by atoms with Crippen LogP contribution in [0.2, 0.25) is 0 Å². The minimum atomic E-state index is -0.707. The van der Waals surface area contributed by atoms with Crippen molar-refractivity contribution in [3.63, 3.8) is 0 Å². The first kappa shape index (κ1) is 11.6. The molecule has 6 nitrogen and oxygen atoms in total. The van der Waals surface area contributed by atoms with Gasteiger partial charge in [0.05, 0.1) is 6.04 Å². The van der Waals surface area contributed by atoms with Crippen molar-refractivity contribution < 1.29 is 19.3 Å². The highest BCUT2D eigenvalue weighted by atomic mass is 32.1. The quantitative estimate of drug-likeness (QED) is 0.526. The number of hydrogen-bond acceptors (Lipinski definition) is 5. The molecule has 0 aromatic carbocycles. The van der Waals surface area contributed by atoms with Crippen molar-refractivity contribution in [3.05, 3.63) is 0 Å². The Kier molecular flexibility index (Phi) is 2.57. The minimum absolute atomic E-state index is 0.0431. The van der Waals surface area contributed by atoms with Crippen LogP contribution in [0.15, 0.2) is 0 Å². The maximum absolute atomic E-state index is 10.2. The van der Waals surface area contributed by atoms with Crippen LogP contribution in [0.1, 0.15) is 13.8 Å². The molecular formula is C10H16N2O4S. The van der Waals surface area contributed by atoms with E-state index in [0.29, 0.717) is 11.7 Å². The average Bonchev–Trinajstić information content (AvgIpc) is 2.83. The van der Waals surface area contributed by atoms with Crippen molar-refractivity contribution in [1.82, 2.24) is 10.6 Å². The Morgan fingerprint density at radius 1 is 1.35 bits per heavy atom. The SMILES string of the molecule is CC1(C)O[C@H]2O[C@H]([C@H]3CNC(=S)N3)[C@H](O)[C@H]2O1. The summed E-state index contributed by atoms with van der Waals surface area (Å²) in [4.78, 5) is 0. The Balaban J connectivity index is 1.70. The van der Waals surface area contributed by atoms with Gasteiger partial charge >= 0.3 is 0 Å².